The summed E-state index contributed by atoms with van der Waals surface area (Å²) in [6.45, 7) is 2.61. The van der Waals surface area contributed by atoms with Crippen molar-refractivity contribution < 1.29 is 19.1 Å². The Balaban J connectivity index is 1.53. The smallest absolute Gasteiger partial charge is 0.307 e. The van der Waals surface area contributed by atoms with Gasteiger partial charge in [0.05, 0.1) is 29.9 Å². The fourth-order valence-electron chi connectivity index (χ4n) is 4.33. The molecular formula is C26H26FN3O3. The van der Waals surface area contributed by atoms with E-state index in [0.29, 0.717) is 30.8 Å². The van der Waals surface area contributed by atoms with Crippen LogP contribution in [-0.4, -0.2) is 28.5 Å². The number of benzene rings is 2. The number of aryl methyl sites for hydroxylation is 1. The number of hydrogen-bond donors (Lipinski definition) is 3. The summed E-state index contributed by atoms with van der Waals surface area (Å²) in [6, 6.07) is 16.5. The van der Waals surface area contributed by atoms with Crippen molar-refractivity contribution in [3.63, 3.8) is 0 Å². The molecule has 6 nitrogen and oxygen atoms in total. The van der Waals surface area contributed by atoms with Crippen molar-refractivity contribution in [2.75, 3.05) is 11.9 Å². The van der Waals surface area contributed by atoms with Crippen molar-refractivity contribution in [1.82, 2.24) is 10.3 Å². The number of carboxylic acid groups (broad SMARTS) is 1. The summed E-state index contributed by atoms with van der Waals surface area (Å²) in [5.74, 6) is -1.91. The summed E-state index contributed by atoms with van der Waals surface area (Å²) in [4.78, 5) is 28.2. The van der Waals surface area contributed by atoms with E-state index in [1.807, 2.05) is 55.5 Å². The molecule has 0 aliphatic carbocycles. The van der Waals surface area contributed by atoms with Crippen molar-refractivity contribution in [1.29, 1.82) is 0 Å². The summed E-state index contributed by atoms with van der Waals surface area (Å²) in [5, 5.41) is 15.4. The Labute approximate surface area is 191 Å². The van der Waals surface area contributed by atoms with Gasteiger partial charge in [0.25, 0.3) is 0 Å². The minimum absolute atomic E-state index is 0.0113. The maximum Gasteiger partial charge on any atom is 0.307 e. The van der Waals surface area contributed by atoms with E-state index in [9.17, 15) is 14.0 Å². The van der Waals surface area contributed by atoms with E-state index >= 15 is 0 Å². The topological polar surface area (TPSA) is 91.3 Å². The number of pyridine rings is 1. The third-order valence-electron chi connectivity index (χ3n) is 6.03. The second-order valence-electron chi connectivity index (χ2n) is 8.37. The van der Waals surface area contributed by atoms with Gasteiger partial charge in [-0.3, -0.25) is 14.6 Å². The molecule has 2 atom stereocenters. The number of nitrogens with zero attached hydrogens (tertiary/aromatic N) is 1. The van der Waals surface area contributed by atoms with Crippen LogP contribution >= 0.6 is 0 Å². The Morgan fingerprint density at radius 1 is 1.24 bits per heavy atom. The van der Waals surface area contributed by atoms with E-state index in [4.69, 9.17) is 5.11 Å². The minimum atomic E-state index is -0.857. The zero-order valence-electron chi connectivity index (χ0n) is 18.3. The summed E-state index contributed by atoms with van der Waals surface area (Å²) in [5.41, 5.74) is 5.01. The molecule has 0 unspecified atom stereocenters. The highest BCUT2D eigenvalue weighted by Gasteiger charge is 2.34. The second-order valence-corrected chi connectivity index (χ2v) is 8.37. The van der Waals surface area contributed by atoms with Crippen LogP contribution in [0.5, 0.6) is 0 Å². The van der Waals surface area contributed by atoms with Crippen LogP contribution in [0.2, 0.25) is 0 Å². The molecule has 170 valence electrons. The first-order chi connectivity index (χ1) is 15.9. The molecule has 0 saturated heterocycles. The molecule has 0 spiro atoms. The van der Waals surface area contributed by atoms with Crippen LogP contribution in [0, 0.1) is 18.7 Å². The zero-order valence-corrected chi connectivity index (χ0v) is 18.3. The first-order valence-electron chi connectivity index (χ1n) is 10.9. The number of amides is 1. The van der Waals surface area contributed by atoms with Gasteiger partial charge in [-0.05, 0) is 42.1 Å². The van der Waals surface area contributed by atoms with Crippen LogP contribution < -0.4 is 10.6 Å². The van der Waals surface area contributed by atoms with Gasteiger partial charge in [0.15, 0.2) is 0 Å². The van der Waals surface area contributed by atoms with Crippen molar-refractivity contribution in [3.05, 3.63) is 94.6 Å². The summed E-state index contributed by atoms with van der Waals surface area (Å²) in [7, 11) is 0. The Bertz CT molecular complexity index is 1170. The number of halogens is 1. The van der Waals surface area contributed by atoms with E-state index in [1.165, 1.54) is 12.3 Å². The van der Waals surface area contributed by atoms with Gasteiger partial charge < -0.3 is 15.7 Å². The van der Waals surface area contributed by atoms with Crippen molar-refractivity contribution in [3.8, 4) is 0 Å². The molecule has 3 N–H and O–H groups in total. The maximum absolute atomic E-state index is 13.5. The molecule has 33 heavy (non-hydrogen) atoms. The third kappa shape index (κ3) is 5.43. The van der Waals surface area contributed by atoms with Crippen LogP contribution in [0.15, 0.2) is 60.8 Å². The lowest BCUT2D eigenvalue weighted by atomic mass is 9.85. The fraction of sp³-hybridized carbons (Fsp3) is 0.269. The van der Waals surface area contributed by atoms with Crippen LogP contribution in [0.4, 0.5) is 10.1 Å². The van der Waals surface area contributed by atoms with Crippen LogP contribution in [0.1, 0.15) is 34.0 Å². The van der Waals surface area contributed by atoms with E-state index in [1.54, 1.807) is 0 Å². The SMILES string of the molecule is Cc1ccc(CC(=O)O)cc1CCN[C@H](c1ccccc1)[C@@H]1Cc2ncc(F)cc2NC1=O. The maximum atomic E-state index is 13.5. The lowest BCUT2D eigenvalue weighted by Crippen LogP contribution is -2.41. The zero-order chi connectivity index (χ0) is 23.4. The first-order valence-corrected chi connectivity index (χ1v) is 10.9. The van der Waals surface area contributed by atoms with Gasteiger partial charge in [0.2, 0.25) is 5.91 Å². The molecule has 0 saturated carbocycles. The van der Waals surface area contributed by atoms with E-state index in [-0.39, 0.29) is 18.4 Å². The standard InChI is InChI=1S/C26H26FN3O3/c1-16-7-8-17(12-24(31)32)11-19(16)9-10-28-25(18-5-3-2-4-6-18)21-14-22-23(30-26(21)33)13-20(27)15-29-22/h2-8,11,13,15,21,25,28H,9-10,12,14H2,1H3,(H,30,33)(H,31,32)/t21-,25+/m0/s1. The highest BCUT2D eigenvalue weighted by Crippen LogP contribution is 2.32. The van der Waals surface area contributed by atoms with E-state index in [0.717, 1.165) is 22.3 Å². The molecule has 0 bridgehead atoms. The number of rotatable bonds is 8. The van der Waals surface area contributed by atoms with Crippen molar-refractivity contribution in [2.24, 2.45) is 5.92 Å². The fourth-order valence-corrected chi connectivity index (χ4v) is 4.33. The predicted octanol–water partition coefficient (Wildman–Crippen LogP) is 3.84. The quantitative estimate of drug-likeness (QED) is 0.488. The molecule has 2 aromatic carbocycles. The lowest BCUT2D eigenvalue weighted by Gasteiger charge is -2.31. The minimum Gasteiger partial charge on any atom is -0.481 e. The number of nitrogens with one attached hydrogen (secondary N) is 2. The summed E-state index contributed by atoms with van der Waals surface area (Å²) in [6.07, 6.45) is 2.26. The highest BCUT2D eigenvalue weighted by atomic mass is 19.1. The van der Waals surface area contributed by atoms with Crippen molar-refractivity contribution in [2.45, 2.75) is 32.2 Å². The van der Waals surface area contributed by atoms with E-state index in [2.05, 4.69) is 15.6 Å². The monoisotopic (exact) mass is 447 g/mol. The number of hydrogen-bond acceptors (Lipinski definition) is 4. The van der Waals surface area contributed by atoms with Gasteiger partial charge >= 0.3 is 5.97 Å². The van der Waals surface area contributed by atoms with Gasteiger partial charge in [0, 0.05) is 18.5 Å². The van der Waals surface area contributed by atoms with Gasteiger partial charge in [-0.15, -0.1) is 0 Å². The number of fused-ring (bicyclic) bond motifs is 1. The van der Waals surface area contributed by atoms with Crippen molar-refractivity contribution >= 4 is 17.6 Å². The van der Waals surface area contributed by atoms with E-state index < -0.39 is 17.7 Å². The van der Waals surface area contributed by atoms with Crippen LogP contribution in [0.25, 0.3) is 0 Å². The molecular weight excluding hydrogens is 421 g/mol. The number of carboxylic acids is 1. The normalized spacial score (nSPS) is 16.1. The molecule has 1 aromatic heterocycles. The van der Waals surface area contributed by atoms with Crippen LogP contribution in [-0.2, 0) is 28.9 Å². The van der Waals surface area contributed by atoms with Crippen LogP contribution in [0.3, 0.4) is 0 Å². The molecule has 1 aliphatic heterocycles. The number of anilines is 1. The first kappa shape index (κ1) is 22.6. The average Bonchev–Trinajstić information content (AvgIpc) is 2.79. The molecule has 2 heterocycles. The summed E-state index contributed by atoms with van der Waals surface area (Å²) >= 11 is 0. The highest BCUT2D eigenvalue weighted by molar-refractivity contribution is 5.95. The Morgan fingerprint density at radius 2 is 2.03 bits per heavy atom. The molecule has 1 aliphatic rings. The summed E-state index contributed by atoms with van der Waals surface area (Å²) < 4.78 is 13.5. The third-order valence-corrected chi connectivity index (χ3v) is 6.03. The molecule has 4 rings (SSSR count). The number of carbonyl (C=O) groups excluding carboxylic acids is 1. The number of aliphatic carboxylic acids is 1. The molecule has 7 heteroatoms. The Morgan fingerprint density at radius 3 is 2.79 bits per heavy atom. The Kier molecular flexibility index (Phi) is 6.79. The van der Waals surface area contributed by atoms with Gasteiger partial charge in [0.1, 0.15) is 5.82 Å². The van der Waals surface area contributed by atoms with Gasteiger partial charge in [-0.2, -0.15) is 0 Å². The largest absolute Gasteiger partial charge is 0.481 e. The molecule has 1 amide bonds. The van der Waals surface area contributed by atoms with Gasteiger partial charge in [-0.1, -0.05) is 48.5 Å². The van der Waals surface area contributed by atoms with Gasteiger partial charge in [-0.25, -0.2) is 4.39 Å². The number of aromatic nitrogens is 1. The second kappa shape index (κ2) is 9.92. The molecule has 3 aromatic rings. The average molecular weight is 448 g/mol. The molecule has 0 fully saturated rings. The number of carbonyl (C=O) groups is 2. The Hall–Kier alpha value is -3.58. The predicted molar refractivity (Wildman–Crippen MR) is 123 cm³/mol. The lowest BCUT2D eigenvalue weighted by molar-refractivity contribution is -0.136. The molecule has 0 radical (unpaired) electrons.